The Kier molecular flexibility index (Phi) is 5.29. The van der Waals surface area contributed by atoms with E-state index in [0.29, 0.717) is 23.0 Å². The van der Waals surface area contributed by atoms with Crippen molar-refractivity contribution in [3.63, 3.8) is 0 Å². The second-order valence-corrected chi connectivity index (χ2v) is 5.01. The molecule has 1 atom stereocenters. The normalized spacial score (nSPS) is 12.2. The summed E-state index contributed by atoms with van der Waals surface area (Å²) in [5.74, 6) is 0.388. The molecule has 1 amide bonds. The van der Waals surface area contributed by atoms with Crippen LogP contribution in [0.15, 0.2) is 18.2 Å². The molecule has 0 aliphatic heterocycles. The van der Waals surface area contributed by atoms with Gasteiger partial charge in [-0.05, 0) is 36.6 Å². The number of hydrogen-bond donors (Lipinski definition) is 1. The van der Waals surface area contributed by atoms with Crippen LogP contribution >= 0.6 is 27.5 Å². The van der Waals surface area contributed by atoms with Crippen LogP contribution in [0.5, 0.6) is 0 Å². The summed E-state index contributed by atoms with van der Waals surface area (Å²) < 4.78 is 0. The molecule has 1 aromatic rings. The molecule has 1 aromatic carbocycles. The van der Waals surface area contributed by atoms with Gasteiger partial charge in [0.15, 0.2) is 0 Å². The Bertz CT molecular complexity index is 381. The molecular weight excluding hydrogens is 289 g/mol. The second kappa shape index (κ2) is 6.26. The van der Waals surface area contributed by atoms with E-state index in [1.54, 1.807) is 18.2 Å². The minimum absolute atomic E-state index is 0.0398. The molecule has 0 spiro atoms. The topological polar surface area (TPSA) is 29.1 Å². The number of aryl methyl sites for hydroxylation is 1. The quantitative estimate of drug-likeness (QED) is 0.849. The van der Waals surface area contributed by atoms with E-state index >= 15 is 0 Å². The highest BCUT2D eigenvalue weighted by atomic mass is 79.9. The van der Waals surface area contributed by atoms with Gasteiger partial charge in [-0.25, -0.2) is 0 Å². The van der Waals surface area contributed by atoms with Crippen LogP contribution in [0.1, 0.15) is 22.8 Å². The Morgan fingerprint density at radius 2 is 2.25 bits per heavy atom. The van der Waals surface area contributed by atoms with Crippen molar-refractivity contribution in [2.45, 2.75) is 13.8 Å². The number of hydrogen-bond acceptors (Lipinski definition) is 1. The second-order valence-electron chi connectivity index (χ2n) is 3.93. The first-order chi connectivity index (χ1) is 7.54. The number of halogens is 2. The Morgan fingerprint density at radius 3 is 2.81 bits per heavy atom. The van der Waals surface area contributed by atoms with Gasteiger partial charge in [0.2, 0.25) is 0 Å². The van der Waals surface area contributed by atoms with Crippen LogP contribution < -0.4 is 5.32 Å². The third kappa shape index (κ3) is 3.80. The third-order valence-corrected chi connectivity index (χ3v) is 3.65. The van der Waals surface area contributed by atoms with Crippen molar-refractivity contribution in [2.24, 2.45) is 5.92 Å². The van der Waals surface area contributed by atoms with E-state index in [2.05, 4.69) is 28.2 Å². The fourth-order valence-corrected chi connectivity index (χ4v) is 1.75. The highest BCUT2D eigenvalue weighted by Crippen LogP contribution is 2.15. The predicted octanol–water partition coefficient (Wildman–Crippen LogP) is 3.41. The number of amides is 1. The van der Waals surface area contributed by atoms with Gasteiger partial charge in [-0.15, -0.1) is 0 Å². The molecule has 2 nitrogen and oxygen atoms in total. The van der Waals surface area contributed by atoms with E-state index in [1.165, 1.54) is 0 Å². The van der Waals surface area contributed by atoms with E-state index in [-0.39, 0.29) is 5.91 Å². The predicted molar refractivity (Wildman–Crippen MR) is 71.5 cm³/mol. The van der Waals surface area contributed by atoms with Crippen LogP contribution in [0.4, 0.5) is 0 Å². The molecule has 0 fully saturated rings. The summed E-state index contributed by atoms with van der Waals surface area (Å²) in [5.41, 5.74) is 1.59. The number of nitrogens with one attached hydrogen (secondary N) is 1. The lowest BCUT2D eigenvalue weighted by atomic mass is 10.1. The smallest absolute Gasteiger partial charge is 0.251 e. The van der Waals surface area contributed by atoms with Crippen molar-refractivity contribution in [3.05, 3.63) is 34.3 Å². The minimum atomic E-state index is -0.0398. The molecule has 0 aliphatic carbocycles. The van der Waals surface area contributed by atoms with Crippen molar-refractivity contribution in [2.75, 3.05) is 11.9 Å². The standard InChI is InChI=1S/C12H15BrClNO/c1-8(6-13)7-15-12(16)11-4-3-10(14)5-9(11)2/h3-5,8H,6-7H2,1-2H3,(H,15,16). The minimum Gasteiger partial charge on any atom is -0.352 e. The molecule has 1 rings (SSSR count). The fraction of sp³-hybridized carbons (Fsp3) is 0.417. The Labute approximate surface area is 110 Å². The van der Waals surface area contributed by atoms with Gasteiger partial charge >= 0.3 is 0 Å². The van der Waals surface area contributed by atoms with Crippen molar-refractivity contribution in [1.29, 1.82) is 0 Å². The van der Waals surface area contributed by atoms with Crippen LogP contribution in [0.25, 0.3) is 0 Å². The fourth-order valence-electron chi connectivity index (χ4n) is 1.30. The Morgan fingerprint density at radius 1 is 1.56 bits per heavy atom. The summed E-state index contributed by atoms with van der Waals surface area (Å²) in [6.45, 7) is 4.63. The Balaban J connectivity index is 2.66. The van der Waals surface area contributed by atoms with Gasteiger partial charge in [0.05, 0.1) is 0 Å². The molecule has 0 bridgehead atoms. The number of benzene rings is 1. The van der Waals surface area contributed by atoms with Gasteiger partial charge in [-0.1, -0.05) is 34.5 Å². The summed E-state index contributed by atoms with van der Waals surface area (Å²) in [5, 5.41) is 4.44. The molecule has 0 saturated heterocycles. The third-order valence-electron chi connectivity index (χ3n) is 2.31. The van der Waals surface area contributed by atoms with Crippen molar-refractivity contribution >= 4 is 33.4 Å². The van der Waals surface area contributed by atoms with Crippen molar-refractivity contribution in [1.82, 2.24) is 5.32 Å². The van der Waals surface area contributed by atoms with Gasteiger partial charge in [0.1, 0.15) is 0 Å². The zero-order valence-electron chi connectivity index (χ0n) is 9.39. The van der Waals surface area contributed by atoms with Crippen LogP contribution in [-0.4, -0.2) is 17.8 Å². The number of alkyl halides is 1. The molecule has 0 aliphatic rings. The van der Waals surface area contributed by atoms with Gasteiger partial charge < -0.3 is 5.32 Å². The monoisotopic (exact) mass is 303 g/mol. The number of rotatable bonds is 4. The van der Waals surface area contributed by atoms with Crippen LogP contribution in [-0.2, 0) is 0 Å². The molecule has 88 valence electrons. The first-order valence-electron chi connectivity index (χ1n) is 5.15. The van der Waals surface area contributed by atoms with Crippen molar-refractivity contribution in [3.8, 4) is 0 Å². The summed E-state index contributed by atoms with van der Waals surface area (Å²) in [6, 6.07) is 5.29. The van der Waals surface area contributed by atoms with E-state index in [9.17, 15) is 4.79 Å². The number of carbonyl (C=O) groups is 1. The molecule has 0 radical (unpaired) electrons. The maximum absolute atomic E-state index is 11.8. The maximum atomic E-state index is 11.8. The molecule has 0 heterocycles. The highest BCUT2D eigenvalue weighted by Gasteiger charge is 2.09. The van der Waals surface area contributed by atoms with E-state index in [1.807, 2.05) is 6.92 Å². The molecule has 1 unspecified atom stereocenters. The molecule has 0 saturated carbocycles. The van der Waals surface area contributed by atoms with Gasteiger partial charge in [-0.3, -0.25) is 4.79 Å². The van der Waals surface area contributed by atoms with Crippen molar-refractivity contribution < 1.29 is 4.79 Å². The van der Waals surface area contributed by atoms with E-state index in [0.717, 1.165) is 10.9 Å². The molecule has 0 aromatic heterocycles. The van der Waals surface area contributed by atoms with Crippen LogP contribution in [0.2, 0.25) is 5.02 Å². The summed E-state index contributed by atoms with van der Waals surface area (Å²) in [4.78, 5) is 11.8. The first-order valence-corrected chi connectivity index (χ1v) is 6.65. The lowest BCUT2D eigenvalue weighted by Crippen LogP contribution is -2.29. The SMILES string of the molecule is Cc1cc(Cl)ccc1C(=O)NCC(C)CBr. The maximum Gasteiger partial charge on any atom is 0.251 e. The van der Waals surface area contributed by atoms with Crippen LogP contribution in [0.3, 0.4) is 0 Å². The van der Waals surface area contributed by atoms with Gasteiger partial charge in [0, 0.05) is 22.5 Å². The molecule has 1 N–H and O–H groups in total. The average molecular weight is 305 g/mol. The van der Waals surface area contributed by atoms with Gasteiger partial charge in [0.25, 0.3) is 5.91 Å². The Hall–Kier alpha value is -0.540. The zero-order valence-corrected chi connectivity index (χ0v) is 11.7. The summed E-state index contributed by atoms with van der Waals surface area (Å²) in [6.07, 6.45) is 0. The summed E-state index contributed by atoms with van der Waals surface area (Å²) >= 11 is 9.21. The average Bonchev–Trinajstić information content (AvgIpc) is 2.25. The highest BCUT2D eigenvalue weighted by molar-refractivity contribution is 9.09. The number of carbonyl (C=O) groups excluding carboxylic acids is 1. The molecule has 4 heteroatoms. The van der Waals surface area contributed by atoms with Gasteiger partial charge in [-0.2, -0.15) is 0 Å². The lowest BCUT2D eigenvalue weighted by molar-refractivity contribution is 0.0949. The van der Waals surface area contributed by atoms with E-state index < -0.39 is 0 Å². The first kappa shape index (κ1) is 13.5. The zero-order chi connectivity index (χ0) is 12.1. The molecule has 16 heavy (non-hydrogen) atoms. The summed E-state index contributed by atoms with van der Waals surface area (Å²) in [7, 11) is 0. The lowest BCUT2D eigenvalue weighted by Gasteiger charge is -2.11. The largest absolute Gasteiger partial charge is 0.352 e. The molecular formula is C12H15BrClNO. The van der Waals surface area contributed by atoms with Crippen LogP contribution in [0, 0.1) is 12.8 Å². The van der Waals surface area contributed by atoms with E-state index in [4.69, 9.17) is 11.6 Å².